The molecule has 4 aromatic rings. The van der Waals surface area contributed by atoms with Gasteiger partial charge in [0.2, 0.25) is 0 Å². The van der Waals surface area contributed by atoms with E-state index in [-0.39, 0.29) is 11.4 Å². The zero-order valence-corrected chi connectivity index (χ0v) is 22.0. The summed E-state index contributed by atoms with van der Waals surface area (Å²) in [5, 5.41) is 14.2. The number of amides is 1. The summed E-state index contributed by atoms with van der Waals surface area (Å²) in [6.45, 7) is 3.89. The first-order valence-corrected chi connectivity index (χ1v) is 14.0. The summed E-state index contributed by atoms with van der Waals surface area (Å²) < 4.78 is 9.39. The highest BCUT2D eigenvalue weighted by Gasteiger charge is 2.42. The fourth-order valence-electron chi connectivity index (χ4n) is 6.01. The molecule has 1 aliphatic carbocycles. The zero-order valence-electron chi connectivity index (χ0n) is 21.2. The maximum Gasteiger partial charge on any atom is 0.261 e. The summed E-state index contributed by atoms with van der Waals surface area (Å²) in [7, 11) is 1.91. The van der Waals surface area contributed by atoms with Crippen LogP contribution in [0.15, 0.2) is 48.5 Å². The quantitative estimate of drug-likeness (QED) is 0.391. The van der Waals surface area contributed by atoms with Crippen molar-refractivity contribution in [2.45, 2.75) is 43.6 Å². The van der Waals surface area contributed by atoms with Crippen LogP contribution in [0.25, 0.3) is 16.8 Å². The van der Waals surface area contributed by atoms with E-state index in [9.17, 15) is 4.79 Å². The molecule has 1 saturated carbocycles. The molecule has 6 rings (SSSR count). The molecule has 0 bridgehead atoms. The molecule has 0 spiro atoms. The molecule has 1 saturated heterocycles. The molecule has 194 valence electrons. The maximum absolute atomic E-state index is 12.9. The van der Waals surface area contributed by atoms with Crippen LogP contribution in [0.3, 0.4) is 0 Å². The molecule has 0 aromatic carbocycles. The van der Waals surface area contributed by atoms with Crippen LogP contribution in [0.2, 0.25) is 0 Å². The van der Waals surface area contributed by atoms with Crippen molar-refractivity contribution in [2.24, 2.45) is 7.05 Å². The summed E-state index contributed by atoms with van der Waals surface area (Å²) in [6, 6.07) is 3.82. The van der Waals surface area contributed by atoms with E-state index in [0.717, 1.165) is 80.1 Å². The lowest BCUT2D eigenvalue weighted by Gasteiger charge is -2.46. The van der Waals surface area contributed by atoms with E-state index in [1.807, 2.05) is 60.1 Å². The molecule has 2 unspecified atom stereocenters. The van der Waals surface area contributed by atoms with Gasteiger partial charge in [0.25, 0.3) is 5.91 Å². The molecule has 2 atom stereocenters. The minimum atomic E-state index is -0.123. The Morgan fingerprint density at radius 2 is 2.03 bits per heavy atom. The molecular weight excluding hydrogens is 486 g/mol. The highest BCUT2D eigenvalue weighted by atomic mass is 32.1. The van der Waals surface area contributed by atoms with E-state index < -0.39 is 0 Å². The van der Waals surface area contributed by atoms with Gasteiger partial charge < -0.3 is 10.1 Å². The Morgan fingerprint density at radius 3 is 2.81 bits per heavy atom. The SMILES string of the molecule is Cn1cc(-c2cnc3c(C4CCCCC(CNC(=O)c5cccs5)(N5CCOCC5)C4)cnn3c2)cn1. The number of ether oxygens (including phenoxy) is 1. The van der Waals surface area contributed by atoms with Gasteiger partial charge in [0.15, 0.2) is 5.65 Å². The molecule has 4 aromatic heterocycles. The molecule has 1 aliphatic heterocycles. The lowest BCUT2D eigenvalue weighted by molar-refractivity contribution is -0.0297. The highest BCUT2D eigenvalue weighted by molar-refractivity contribution is 7.12. The largest absolute Gasteiger partial charge is 0.379 e. The molecular formula is C27H33N7O2S. The Morgan fingerprint density at radius 1 is 1.16 bits per heavy atom. The number of rotatable bonds is 6. The lowest BCUT2D eigenvalue weighted by Crippen LogP contribution is -2.59. The van der Waals surface area contributed by atoms with Crippen molar-refractivity contribution < 1.29 is 9.53 Å². The van der Waals surface area contributed by atoms with Gasteiger partial charge in [-0.25, -0.2) is 9.50 Å². The van der Waals surface area contributed by atoms with Gasteiger partial charge in [0, 0.05) is 67.5 Å². The second-order valence-electron chi connectivity index (χ2n) is 10.2. The minimum absolute atomic E-state index is 0.0176. The second kappa shape index (κ2) is 10.4. The van der Waals surface area contributed by atoms with Gasteiger partial charge in [-0.1, -0.05) is 18.9 Å². The number of aromatic nitrogens is 5. The highest BCUT2D eigenvalue weighted by Crippen LogP contribution is 2.41. The summed E-state index contributed by atoms with van der Waals surface area (Å²) in [5.74, 6) is 0.335. The van der Waals surface area contributed by atoms with Crippen molar-refractivity contribution in [1.29, 1.82) is 0 Å². The third-order valence-electron chi connectivity index (χ3n) is 7.94. The van der Waals surface area contributed by atoms with Gasteiger partial charge in [-0.3, -0.25) is 14.4 Å². The number of carbonyl (C=O) groups excluding carboxylic acids is 1. The minimum Gasteiger partial charge on any atom is -0.379 e. The fourth-order valence-corrected chi connectivity index (χ4v) is 6.65. The number of fused-ring (bicyclic) bond motifs is 1. The predicted octanol–water partition coefficient (Wildman–Crippen LogP) is 3.74. The van der Waals surface area contributed by atoms with Crippen LogP contribution in [0.4, 0.5) is 0 Å². The van der Waals surface area contributed by atoms with Crippen LogP contribution < -0.4 is 5.32 Å². The maximum atomic E-state index is 12.9. The molecule has 0 radical (unpaired) electrons. The molecule has 9 nitrogen and oxygen atoms in total. The number of hydrogen-bond donors (Lipinski definition) is 1. The average Bonchev–Trinajstić information content (AvgIpc) is 3.67. The first-order valence-electron chi connectivity index (χ1n) is 13.1. The van der Waals surface area contributed by atoms with Crippen LogP contribution >= 0.6 is 11.3 Å². The first-order chi connectivity index (χ1) is 18.1. The van der Waals surface area contributed by atoms with E-state index >= 15 is 0 Å². The van der Waals surface area contributed by atoms with Crippen LogP contribution in [-0.2, 0) is 11.8 Å². The number of hydrogen-bond acceptors (Lipinski definition) is 7. The van der Waals surface area contributed by atoms with Gasteiger partial charge in [0.05, 0.1) is 30.5 Å². The van der Waals surface area contributed by atoms with Crippen molar-refractivity contribution in [1.82, 2.24) is 34.6 Å². The van der Waals surface area contributed by atoms with E-state index in [1.54, 1.807) is 4.68 Å². The standard InChI is InChI=1S/C27H33N7O2S/c1-32-17-22(15-30-32)21-14-28-25-23(16-31-34(25)18-21)20-5-2-3-7-27(13-20,33-8-10-36-11-9-33)19-29-26(35)24-6-4-12-37-24/h4,6,12,14-18,20H,2-3,5,7-11,13,19H2,1H3,(H,29,35). The van der Waals surface area contributed by atoms with Crippen molar-refractivity contribution in [2.75, 3.05) is 32.8 Å². The van der Waals surface area contributed by atoms with E-state index in [0.29, 0.717) is 12.5 Å². The first kappa shape index (κ1) is 24.3. The molecule has 37 heavy (non-hydrogen) atoms. The van der Waals surface area contributed by atoms with Crippen LogP contribution in [0.5, 0.6) is 0 Å². The number of morpholine rings is 1. The Hall–Kier alpha value is -3.08. The van der Waals surface area contributed by atoms with Gasteiger partial charge >= 0.3 is 0 Å². The molecule has 2 aliphatic rings. The fraction of sp³-hybridized carbons (Fsp3) is 0.481. The summed E-state index contributed by atoms with van der Waals surface area (Å²) in [5.41, 5.74) is 4.01. The number of carbonyl (C=O) groups is 1. The second-order valence-corrected chi connectivity index (χ2v) is 11.2. The number of nitrogens with zero attached hydrogens (tertiary/aromatic N) is 6. The van der Waals surface area contributed by atoms with Crippen molar-refractivity contribution >= 4 is 22.9 Å². The van der Waals surface area contributed by atoms with E-state index in [2.05, 4.69) is 15.3 Å². The Balaban J connectivity index is 1.29. The van der Waals surface area contributed by atoms with Crippen molar-refractivity contribution in [3.63, 3.8) is 0 Å². The Bertz CT molecular complexity index is 1360. The smallest absolute Gasteiger partial charge is 0.261 e. The summed E-state index contributed by atoms with van der Waals surface area (Å²) >= 11 is 1.49. The number of nitrogens with one attached hydrogen (secondary N) is 1. The topological polar surface area (TPSA) is 89.6 Å². The number of thiophene rings is 1. The summed E-state index contributed by atoms with van der Waals surface area (Å²) in [6.07, 6.45) is 15.2. The Kier molecular flexibility index (Phi) is 6.79. The molecule has 10 heteroatoms. The summed E-state index contributed by atoms with van der Waals surface area (Å²) in [4.78, 5) is 21.1. The average molecular weight is 520 g/mol. The monoisotopic (exact) mass is 519 g/mol. The third-order valence-corrected chi connectivity index (χ3v) is 8.81. The number of aryl methyl sites for hydroxylation is 1. The molecule has 2 fully saturated rings. The molecule has 1 N–H and O–H groups in total. The van der Waals surface area contributed by atoms with Gasteiger partial charge in [-0.15, -0.1) is 11.3 Å². The third kappa shape index (κ3) is 4.93. The molecule has 5 heterocycles. The predicted molar refractivity (Wildman–Crippen MR) is 143 cm³/mol. The normalized spacial score (nSPS) is 23.2. The van der Waals surface area contributed by atoms with Crippen molar-refractivity contribution in [3.05, 3.63) is 58.9 Å². The van der Waals surface area contributed by atoms with E-state index in [1.165, 1.54) is 16.9 Å². The zero-order chi connectivity index (χ0) is 25.2. The van der Waals surface area contributed by atoms with Crippen LogP contribution in [-0.4, -0.2) is 73.6 Å². The Labute approximate surface area is 220 Å². The molecule has 1 amide bonds. The van der Waals surface area contributed by atoms with Gasteiger partial charge in [-0.05, 0) is 36.6 Å². The van der Waals surface area contributed by atoms with Gasteiger partial charge in [0.1, 0.15) is 0 Å². The van der Waals surface area contributed by atoms with Gasteiger partial charge in [-0.2, -0.15) is 10.2 Å². The van der Waals surface area contributed by atoms with Crippen molar-refractivity contribution in [3.8, 4) is 11.1 Å². The van der Waals surface area contributed by atoms with Crippen LogP contribution in [0.1, 0.15) is 53.3 Å². The van der Waals surface area contributed by atoms with E-state index in [4.69, 9.17) is 14.8 Å². The lowest BCUT2D eigenvalue weighted by atomic mass is 9.81. The van der Waals surface area contributed by atoms with Crippen LogP contribution in [0, 0.1) is 0 Å².